The molecule has 0 saturated carbocycles. The minimum atomic E-state index is 0.0950. The molecule has 2 aromatic carbocycles. The van der Waals surface area contributed by atoms with Crippen molar-refractivity contribution in [3.63, 3.8) is 0 Å². The summed E-state index contributed by atoms with van der Waals surface area (Å²) < 4.78 is 6.24. The van der Waals surface area contributed by atoms with Gasteiger partial charge in [0.05, 0.1) is 0 Å². The second kappa shape index (κ2) is 8.60. The first-order valence-corrected chi connectivity index (χ1v) is 8.22. The minimum Gasteiger partial charge on any atom is -0.486 e. The Labute approximate surface area is 134 Å². The van der Waals surface area contributed by atoms with Gasteiger partial charge in [-0.05, 0) is 55.0 Å². The first-order valence-electron chi connectivity index (χ1n) is 8.22. The molecule has 0 amide bonds. The Hall–Kier alpha value is -1.80. The van der Waals surface area contributed by atoms with E-state index in [1.54, 1.807) is 0 Å². The van der Waals surface area contributed by atoms with E-state index in [2.05, 4.69) is 62.4 Å². The van der Waals surface area contributed by atoms with Crippen LogP contribution < -0.4 is 10.5 Å². The Bertz CT molecular complexity index is 533. The average molecular weight is 297 g/mol. The van der Waals surface area contributed by atoms with E-state index in [9.17, 15) is 0 Å². The number of hydrogen-bond donors (Lipinski definition) is 1. The maximum absolute atomic E-state index is 6.24. The van der Waals surface area contributed by atoms with Crippen LogP contribution in [0.25, 0.3) is 0 Å². The van der Waals surface area contributed by atoms with Crippen LogP contribution in [0.3, 0.4) is 0 Å². The van der Waals surface area contributed by atoms with Gasteiger partial charge in [-0.1, -0.05) is 56.3 Å². The van der Waals surface area contributed by atoms with Crippen LogP contribution in [0.4, 0.5) is 0 Å². The molecule has 2 rings (SSSR count). The summed E-state index contributed by atoms with van der Waals surface area (Å²) in [7, 11) is 0. The largest absolute Gasteiger partial charge is 0.486 e. The molecule has 0 aliphatic rings. The second-order valence-corrected chi connectivity index (χ2v) is 6.03. The maximum Gasteiger partial charge on any atom is 0.124 e. The summed E-state index contributed by atoms with van der Waals surface area (Å²) in [5.41, 5.74) is 8.18. The van der Waals surface area contributed by atoms with Crippen molar-refractivity contribution < 1.29 is 4.74 Å². The highest BCUT2D eigenvalue weighted by molar-refractivity contribution is 5.30. The van der Waals surface area contributed by atoms with E-state index < -0.39 is 0 Å². The fourth-order valence-corrected chi connectivity index (χ4v) is 2.53. The summed E-state index contributed by atoms with van der Waals surface area (Å²) >= 11 is 0. The molecule has 0 saturated heterocycles. The highest BCUT2D eigenvalue weighted by Crippen LogP contribution is 2.27. The van der Waals surface area contributed by atoms with Crippen molar-refractivity contribution in [1.29, 1.82) is 0 Å². The van der Waals surface area contributed by atoms with Gasteiger partial charge in [-0.2, -0.15) is 0 Å². The van der Waals surface area contributed by atoms with Gasteiger partial charge in [0.1, 0.15) is 11.9 Å². The quantitative estimate of drug-likeness (QED) is 0.691. The monoisotopic (exact) mass is 297 g/mol. The molecule has 0 heterocycles. The third-order valence-corrected chi connectivity index (χ3v) is 3.92. The first kappa shape index (κ1) is 16.6. The summed E-state index contributed by atoms with van der Waals surface area (Å²) in [5, 5.41) is 0. The third-order valence-electron chi connectivity index (χ3n) is 3.92. The molecule has 2 N–H and O–H groups in total. The molecule has 0 aromatic heterocycles. The molecule has 0 aliphatic carbocycles. The van der Waals surface area contributed by atoms with Gasteiger partial charge in [0.2, 0.25) is 0 Å². The van der Waals surface area contributed by atoms with E-state index >= 15 is 0 Å². The van der Waals surface area contributed by atoms with E-state index in [1.165, 1.54) is 11.1 Å². The smallest absolute Gasteiger partial charge is 0.124 e. The highest BCUT2D eigenvalue weighted by atomic mass is 16.5. The number of ether oxygens (including phenoxy) is 1. The Balaban J connectivity index is 2.08. The van der Waals surface area contributed by atoms with Crippen molar-refractivity contribution in [2.24, 2.45) is 5.73 Å². The fraction of sp³-hybridized carbons (Fsp3) is 0.400. The Morgan fingerprint density at radius 2 is 1.55 bits per heavy atom. The van der Waals surface area contributed by atoms with E-state index in [-0.39, 0.29) is 6.10 Å². The predicted molar refractivity (Wildman–Crippen MR) is 93.2 cm³/mol. The average Bonchev–Trinajstić information content (AvgIpc) is 2.55. The molecule has 22 heavy (non-hydrogen) atoms. The van der Waals surface area contributed by atoms with Crippen molar-refractivity contribution >= 4 is 0 Å². The van der Waals surface area contributed by atoms with Crippen LogP contribution in [0.5, 0.6) is 5.75 Å². The second-order valence-electron chi connectivity index (χ2n) is 6.03. The van der Waals surface area contributed by atoms with Gasteiger partial charge >= 0.3 is 0 Å². The van der Waals surface area contributed by atoms with E-state index in [0.29, 0.717) is 5.92 Å². The van der Waals surface area contributed by atoms with Crippen LogP contribution in [-0.4, -0.2) is 6.54 Å². The molecule has 0 fully saturated rings. The van der Waals surface area contributed by atoms with Crippen molar-refractivity contribution in [1.82, 2.24) is 0 Å². The molecular weight excluding hydrogens is 270 g/mol. The number of unbranched alkanes of at least 4 members (excludes halogenated alkanes) is 1. The lowest BCUT2D eigenvalue weighted by atomic mass is 10.0. The zero-order chi connectivity index (χ0) is 15.8. The van der Waals surface area contributed by atoms with Crippen molar-refractivity contribution in [3.8, 4) is 5.75 Å². The molecule has 1 unspecified atom stereocenters. The zero-order valence-electron chi connectivity index (χ0n) is 13.7. The van der Waals surface area contributed by atoms with Crippen LogP contribution in [0.2, 0.25) is 0 Å². The molecule has 0 bridgehead atoms. The lowest BCUT2D eigenvalue weighted by molar-refractivity contribution is 0.191. The SMILES string of the molecule is CC(C)c1ccc(OC(CCCCN)c2ccccc2)cc1. The number of rotatable bonds is 8. The van der Waals surface area contributed by atoms with Gasteiger partial charge in [0.15, 0.2) is 0 Å². The number of benzene rings is 2. The highest BCUT2D eigenvalue weighted by Gasteiger charge is 2.13. The molecule has 2 heteroatoms. The van der Waals surface area contributed by atoms with Crippen LogP contribution in [0, 0.1) is 0 Å². The molecule has 0 aliphatic heterocycles. The summed E-state index contributed by atoms with van der Waals surface area (Å²) in [4.78, 5) is 0. The van der Waals surface area contributed by atoms with Crippen LogP contribution in [0.1, 0.15) is 56.3 Å². The molecule has 0 spiro atoms. The van der Waals surface area contributed by atoms with Gasteiger partial charge in [-0.15, -0.1) is 0 Å². The molecule has 1 atom stereocenters. The van der Waals surface area contributed by atoms with E-state index in [0.717, 1.165) is 31.6 Å². The van der Waals surface area contributed by atoms with E-state index in [1.807, 2.05) is 6.07 Å². The lowest BCUT2D eigenvalue weighted by Crippen LogP contribution is -2.09. The summed E-state index contributed by atoms with van der Waals surface area (Å²) in [6.07, 6.45) is 3.21. The van der Waals surface area contributed by atoms with Gasteiger partial charge in [-0.3, -0.25) is 0 Å². The lowest BCUT2D eigenvalue weighted by Gasteiger charge is -2.20. The van der Waals surface area contributed by atoms with E-state index in [4.69, 9.17) is 10.5 Å². The summed E-state index contributed by atoms with van der Waals surface area (Å²) in [6, 6.07) is 18.9. The zero-order valence-corrected chi connectivity index (χ0v) is 13.7. The van der Waals surface area contributed by atoms with Crippen LogP contribution in [-0.2, 0) is 0 Å². The molecule has 0 radical (unpaired) electrons. The topological polar surface area (TPSA) is 35.2 Å². The Morgan fingerprint density at radius 1 is 0.864 bits per heavy atom. The fourth-order valence-electron chi connectivity index (χ4n) is 2.53. The maximum atomic E-state index is 6.24. The normalized spacial score (nSPS) is 12.4. The number of nitrogens with two attached hydrogens (primary N) is 1. The molecular formula is C20H27NO. The van der Waals surface area contributed by atoms with Crippen molar-refractivity contribution in [3.05, 3.63) is 65.7 Å². The summed E-state index contributed by atoms with van der Waals surface area (Å²) in [5.74, 6) is 1.48. The van der Waals surface area contributed by atoms with Gasteiger partial charge in [-0.25, -0.2) is 0 Å². The van der Waals surface area contributed by atoms with Gasteiger partial charge in [0, 0.05) is 0 Å². The van der Waals surface area contributed by atoms with Gasteiger partial charge in [0.25, 0.3) is 0 Å². The molecule has 2 nitrogen and oxygen atoms in total. The van der Waals surface area contributed by atoms with Crippen LogP contribution in [0.15, 0.2) is 54.6 Å². The van der Waals surface area contributed by atoms with Crippen molar-refractivity contribution in [2.45, 2.75) is 45.1 Å². The Morgan fingerprint density at radius 3 is 2.14 bits per heavy atom. The molecule has 2 aromatic rings. The predicted octanol–water partition coefficient (Wildman–Crippen LogP) is 5.06. The Kier molecular flexibility index (Phi) is 6.47. The minimum absolute atomic E-state index is 0.0950. The number of hydrogen-bond acceptors (Lipinski definition) is 2. The standard InChI is InChI=1S/C20H27NO/c1-16(2)17-11-13-19(14-12-17)22-20(10-6-7-15-21)18-8-4-3-5-9-18/h3-5,8-9,11-14,16,20H,6-7,10,15,21H2,1-2H3. The molecule has 118 valence electrons. The summed E-state index contributed by atoms with van der Waals surface area (Å²) in [6.45, 7) is 5.15. The van der Waals surface area contributed by atoms with Crippen LogP contribution >= 0.6 is 0 Å². The van der Waals surface area contributed by atoms with Gasteiger partial charge < -0.3 is 10.5 Å². The third kappa shape index (κ3) is 4.88. The first-order chi connectivity index (χ1) is 10.7. The van der Waals surface area contributed by atoms with Crippen molar-refractivity contribution in [2.75, 3.05) is 6.54 Å².